The molecule has 0 unspecified atom stereocenters. The second-order valence-electron chi connectivity index (χ2n) is 3.28. The van der Waals surface area contributed by atoms with Gasteiger partial charge in [0, 0.05) is 0 Å². The standard InChI is InChI=1S/C11H9FN2O3/c1-17-8-4-2-3-7(12)9(8)10-6(11(15)16)5-13-14-10/h2-5H,1H3,(H,13,14)(H,15,16). The van der Waals surface area contributed by atoms with Gasteiger partial charge in [0.15, 0.2) is 0 Å². The van der Waals surface area contributed by atoms with Crippen molar-refractivity contribution in [2.45, 2.75) is 0 Å². The summed E-state index contributed by atoms with van der Waals surface area (Å²) in [5.41, 5.74) is 0.0470. The second-order valence-corrected chi connectivity index (χ2v) is 3.28. The van der Waals surface area contributed by atoms with E-state index in [-0.39, 0.29) is 22.6 Å². The van der Waals surface area contributed by atoms with E-state index in [1.165, 1.54) is 19.2 Å². The van der Waals surface area contributed by atoms with Crippen molar-refractivity contribution < 1.29 is 19.0 Å². The Bertz CT molecular complexity index is 566. The normalized spacial score (nSPS) is 10.2. The Morgan fingerprint density at radius 2 is 2.29 bits per heavy atom. The minimum absolute atomic E-state index is 0.0601. The highest BCUT2D eigenvalue weighted by molar-refractivity contribution is 5.95. The van der Waals surface area contributed by atoms with Crippen LogP contribution in [0.25, 0.3) is 11.3 Å². The zero-order chi connectivity index (χ0) is 12.4. The number of aromatic amines is 1. The van der Waals surface area contributed by atoms with Crippen LogP contribution in [0.1, 0.15) is 10.4 Å². The maximum Gasteiger partial charge on any atom is 0.339 e. The number of ether oxygens (including phenoxy) is 1. The Labute approximate surface area is 95.9 Å². The number of aromatic nitrogens is 2. The first kappa shape index (κ1) is 11.1. The first-order chi connectivity index (χ1) is 8.15. The fraction of sp³-hybridized carbons (Fsp3) is 0.0909. The third-order valence-electron chi connectivity index (χ3n) is 2.32. The van der Waals surface area contributed by atoms with E-state index in [1.807, 2.05) is 0 Å². The van der Waals surface area contributed by atoms with Crippen LogP contribution in [-0.4, -0.2) is 28.4 Å². The monoisotopic (exact) mass is 236 g/mol. The number of methoxy groups -OCH3 is 1. The number of nitrogens with zero attached hydrogens (tertiary/aromatic N) is 1. The van der Waals surface area contributed by atoms with Crippen molar-refractivity contribution in [1.29, 1.82) is 0 Å². The van der Waals surface area contributed by atoms with Gasteiger partial charge in [-0.25, -0.2) is 9.18 Å². The Hall–Kier alpha value is -2.37. The van der Waals surface area contributed by atoms with Crippen LogP contribution in [0.3, 0.4) is 0 Å². The average Bonchev–Trinajstić information content (AvgIpc) is 2.77. The summed E-state index contributed by atoms with van der Waals surface area (Å²) < 4.78 is 18.7. The minimum atomic E-state index is -1.18. The Balaban J connectivity index is 2.68. The molecule has 17 heavy (non-hydrogen) atoms. The number of carboxylic acids is 1. The third kappa shape index (κ3) is 1.84. The number of halogens is 1. The molecule has 0 amide bonds. The molecule has 0 saturated heterocycles. The summed E-state index contributed by atoms with van der Waals surface area (Å²) in [6.45, 7) is 0. The first-order valence-electron chi connectivity index (χ1n) is 4.74. The highest BCUT2D eigenvalue weighted by Gasteiger charge is 2.20. The fourth-order valence-corrected chi connectivity index (χ4v) is 1.56. The van der Waals surface area contributed by atoms with E-state index in [4.69, 9.17) is 9.84 Å². The van der Waals surface area contributed by atoms with Crippen LogP contribution in [0.4, 0.5) is 4.39 Å². The molecule has 0 fully saturated rings. The lowest BCUT2D eigenvalue weighted by Crippen LogP contribution is -1.99. The lowest BCUT2D eigenvalue weighted by Gasteiger charge is -2.08. The Morgan fingerprint density at radius 1 is 1.53 bits per heavy atom. The minimum Gasteiger partial charge on any atom is -0.496 e. The molecule has 5 nitrogen and oxygen atoms in total. The van der Waals surface area contributed by atoms with E-state index in [0.29, 0.717) is 0 Å². The largest absolute Gasteiger partial charge is 0.496 e. The Kier molecular flexibility index (Phi) is 2.78. The molecule has 2 aromatic rings. The number of nitrogens with one attached hydrogen (secondary N) is 1. The number of rotatable bonds is 3. The van der Waals surface area contributed by atoms with Crippen LogP contribution in [0.5, 0.6) is 5.75 Å². The molecule has 0 aliphatic carbocycles. The summed E-state index contributed by atoms with van der Waals surface area (Å²) in [4.78, 5) is 10.9. The van der Waals surface area contributed by atoms with Gasteiger partial charge in [-0.3, -0.25) is 5.10 Å². The quantitative estimate of drug-likeness (QED) is 0.853. The second kappa shape index (κ2) is 4.25. The molecule has 1 aromatic carbocycles. The molecule has 0 bridgehead atoms. The van der Waals surface area contributed by atoms with Gasteiger partial charge < -0.3 is 9.84 Å². The topological polar surface area (TPSA) is 75.2 Å². The van der Waals surface area contributed by atoms with Crippen molar-refractivity contribution >= 4 is 5.97 Å². The molecule has 2 N–H and O–H groups in total. The predicted octanol–water partition coefficient (Wildman–Crippen LogP) is 1.92. The number of hydrogen-bond donors (Lipinski definition) is 2. The first-order valence-corrected chi connectivity index (χ1v) is 4.74. The van der Waals surface area contributed by atoms with Crippen molar-refractivity contribution in [3.63, 3.8) is 0 Å². The zero-order valence-corrected chi connectivity index (χ0v) is 8.90. The van der Waals surface area contributed by atoms with Crippen LogP contribution >= 0.6 is 0 Å². The third-order valence-corrected chi connectivity index (χ3v) is 2.32. The molecule has 1 heterocycles. The molecule has 0 saturated carbocycles. The number of carboxylic acid groups (broad SMARTS) is 1. The van der Waals surface area contributed by atoms with Crippen LogP contribution in [-0.2, 0) is 0 Å². The summed E-state index contributed by atoms with van der Waals surface area (Å²) in [6.07, 6.45) is 1.13. The summed E-state index contributed by atoms with van der Waals surface area (Å²) >= 11 is 0. The molecule has 2 rings (SSSR count). The van der Waals surface area contributed by atoms with Crippen molar-refractivity contribution in [3.05, 3.63) is 35.8 Å². The average molecular weight is 236 g/mol. The van der Waals surface area contributed by atoms with Gasteiger partial charge in [0.25, 0.3) is 0 Å². The predicted molar refractivity (Wildman–Crippen MR) is 57.5 cm³/mol. The lowest BCUT2D eigenvalue weighted by molar-refractivity contribution is 0.0698. The summed E-state index contributed by atoms with van der Waals surface area (Å²) in [6, 6.07) is 4.25. The van der Waals surface area contributed by atoms with Crippen LogP contribution in [0, 0.1) is 5.82 Å². The van der Waals surface area contributed by atoms with E-state index < -0.39 is 11.8 Å². The number of aromatic carboxylic acids is 1. The molecule has 0 aliphatic heterocycles. The molecule has 0 atom stereocenters. The molecule has 0 radical (unpaired) electrons. The maximum atomic E-state index is 13.7. The SMILES string of the molecule is COc1cccc(F)c1-c1[nH]ncc1C(=O)O. The van der Waals surface area contributed by atoms with Gasteiger partial charge >= 0.3 is 5.97 Å². The molecule has 6 heteroatoms. The number of hydrogen-bond acceptors (Lipinski definition) is 3. The van der Waals surface area contributed by atoms with Gasteiger partial charge in [0.1, 0.15) is 17.1 Å². The molecular formula is C11H9FN2O3. The van der Waals surface area contributed by atoms with Gasteiger partial charge in [-0.05, 0) is 12.1 Å². The van der Waals surface area contributed by atoms with E-state index in [2.05, 4.69) is 10.2 Å². The number of carbonyl (C=O) groups is 1. The van der Waals surface area contributed by atoms with Crippen molar-refractivity contribution in [1.82, 2.24) is 10.2 Å². The molecule has 1 aromatic heterocycles. The van der Waals surface area contributed by atoms with Gasteiger partial charge in [0.2, 0.25) is 0 Å². The van der Waals surface area contributed by atoms with E-state index in [0.717, 1.165) is 6.20 Å². The summed E-state index contributed by atoms with van der Waals surface area (Å²) in [7, 11) is 1.38. The van der Waals surface area contributed by atoms with Gasteiger partial charge in [-0.1, -0.05) is 6.07 Å². The smallest absolute Gasteiger partial charge is 0.339 e. The highest BCUT2D eigenvalue weighted by atomic mass is 19.1. The van der Waals surface area contributed by atoms with Crippen LogP contribution in [0.2, 0.25) is 0 Å². The molecular weight excluding hydrogens is 227 g/mol. The highest BCUT2D eigenvalue weighted by Crippen LogP contribution is 2.32. The van der Waals surface area contributed by atoms with Crippen LogP contribution in [0.15, 0.2) is 24.4 Å². The van der Waals surface area contributed by atoms with Crippen LogP contribution < -0.4 is 4.74 Å². The summed E-state index contributed by atoms with van der Waals surface area (Å²) in [5, 5.41) is 15.0. The zero-order valence-electron chi connectivity index (χ0n) is 8.90. The van der Waals surface area contributed by atoms with E-state index >= 15 is 0 Å². The molecule has 0 spiro atoms. The van der Waals surface area contributed by atoms with E-state index in [9.17, 15) is 9.18 Å². The van der Waals surface area contributed by atoms with Gasteiger partial charge in [0.05, 0.1) is 24.6 Å². The Morgan fingerprint density at radius 3 is 2.94 bits per heavy atom. The summed E-state index contributed by atoms with van der Waals surface area (Å²) in [5.74, 6) is -1.51. The lowest BCUT2D eigenvalue weighted by atomic mass is 10.1. The molecule has 0 aliphatic rings. The number of benzene rings is 1. The fourth-order valence-electron chi connectivity index (χ4n) is 1.56. The van der Waals surface area contributed by atoms with Gasteiger partial charge in [-0.2, -0.15) is 5.10 Å². The van der Waals surface area contributed by atoms with Crippen molar-refractivity contribution in [2.24, 2.45) is 0 Å². The van der Waals surface area contributed by atoms with Gasteiger partial charge in [-0.15, -0.1) is 0 Å². The molecule has 88 valence electrons. The van der Waals surface area contributed by atoms with E-state index in [1.54, 1.807) is 6.07 Å². The maximum absolute atomic E-state index is 13.7. The van der Waals surface area contributed by atoms with Crippen molar-refractivity contribution in [2.75, 3.05) is 7.11 Å². The number of H-pyrrole nitrogens is 1. The van der Waals surface area contributed by atoms with Crippen molar-refractivity contribution in [3.8, 4) is 17.0 Å².